The predicted octanol–water partition coefficient (Wildman–Crippen LogP) is 2.03. The number of nitrogens with zero attached hydrogens (tertiary/aromatic N) is 2. The quantitative estimate of drug-likeness (QED) is 0.426. The molecule has 0 radical (unpaired) electrons. The predicted molar refractivity (Wildman–Crippen MR) is 99.7 cm³/mol. The number of amides is 2. The highest BCUT2D eigenvalue weighted by Crippen LogP contribution is 2.23. The summed E-state index contributed by atoms with van der Waals surface area (Å²) in [7, 11) is 0. The van der Waals surface area contributed by atoms with E-state index in [4.69, 9.17) is 9.15 Å². The smallest absolute Gasteiger partial charge is 0.311 e. The molecule has 1 aromatic heterocycles. The second-order valence-electron chi connectivity index (χ2n) is 6.67. The van der Waals surface area contributed by atoms with Crippen LogP contribution in [0.5, 0.6) is 0 Å². The number of benzene rings is 1. The number of carbonyl (C=O) groups excluding carboxylic acids is 3. The lowest BCUT2D eigenvalue weighted by molar-refractivity contribution is -0.385. The van der Waals surface area contributed by atoms with Crippen molar-refractivity contribution in [3.8, 4) is 0 Å². The standard InChI is InChI=1S/C19H19N3O7/c1-12-4-5-14(8-16(12)22(26)27)20-17(23)11-29-19(25)13-7-18(24)21(9-13)10-15-3-2-6-28-15/h2-6,8,13H,7,9-11H2,1H3,(H,20,23)/t13-/m0/s1. The second-order valence-corrected chi connectivity index (χ2v) is 6.67. The molecule has 1 saturated heterocycles. The van der Waals surface area contributed by atoms with Crippen LogP contribution in [0, 0.1) is 23.0 Å². The Hall–Kier alpha value is -3.69. The van der Waals surface area contributed by atoms with Crippen molar-refractivity contribution in [1.82, 2.24) is 4.90 Å². The number of hydrogen-bond acceptors (Lipinski definition) is 7. The van der Waals surface area contributed by atoms with Gasteiger partial charge in [-0.15, -0.1) is 0 Å². The summed E-state index contributed by atoms with van der Waals surface area (Å²) in [6.07, 6.45) is 1.51. The molecule has 0 unspecified atom stereocenters. The topological polar surface area (TPSA) is 132 Å². The molecule has 0 spiro atoms. The zero-order chi connectivity index (χ0) is 21.0. The lowest BCUT2D eigenvalue weighted by Gasteiger charge is -2.14. The molecular formula is C19H19N3O7. The molecule has 0 aliphatic carbocycles. The number of likely N-dealkylation sites (tertiary alicyclic amines) is 1. The first kappa shape index (κ1) is 20.1. The van der Waals surface area contributed by atoms with Gasteiger partial charge < -0.3 is 19.4 Å². The van der Waals surface area contributed by atoms with Crippen LogP contribution >= 0.6 is 0 Å². The summed E-state index contributed by atoms with van der Waals surface area (Å²) in [5.74, 6) is -1.52. The third kappa shape index (κ3) is 4.98. The number of anilines is 1. The number of carbonyl (C=O) groups is 3. The first-order chi connectivity index (χ1) is 13.8. The maximum absolute atomic E-state index is 12.2. The molecule has 1 aromatic carbocycles. The van der Waals surface area contributed by atoms with E-state index in [9.17, 15) is 24.5 Å². The van der Waals surface area contributed by atoms with Gasteiger partial charge in [-0.1, -0.05) is 6.07 Å². The van der Waals surface area contributed by atoms with Crippen LogP contribution in [-0.4, -0.2) is 40.8 Å². The van der Waals surface area contributed by atoms with Crippen molar-refractivity contribution in [3.63, 3.8) is 0 Å². The Balaban J connectivity index is 1.49. The first-order valence-electron chi connectivity index (χ1n) is 8.85. The zero-order valence-electron chi connectivity index (χ0n) is 15.6. The number of nitro benzene ring substituents is 1. The molecule has 2 amide bonds. The summed E-state index contributed by atoms with van der Waals surface area (Å²) in [4.78, 5) is 48.1. The van der Waals surface area contributed by atoms with Crippen molar-refractivity contribution in [2.75, 3.05) is 18.5 Å². The molecule has 1 fully saturated rings. The molecule has 2 aromatic rings. The van der Waals surface area contributed by atoms with Gasteiger partial charge in [0.15, 0.2) is 6.61 Å². The number of esters is 1. The van der Waals surface area contributed by atoms with Gasteiger partial charge in [-0.2, -0.15) is 0 Å². The summed E-state index contributed by atoms with van der Waals surface area (Å²) < 4.78 is 10.2. The van der Waals surface area contributed by atoms with Crippen LogP contribution in [0.3, 0.4) is 0 Å². The van der Waals surface area contributed by atoms with E-state index in [2.05, 4.69) is 5.32 Å². The van der Waals surface area contributed by atoms with Crippen LogP contribution < -0.4 is 5.32 Å². The molecule has 1 N–H and O–H groups in total. The van der Waals surface area contributed by atoms with E-state index in [1.807, 2.05) is 0 Å². The highest BCUT2D eigenvalue weighted by Gasteiger charge is 2.35. The van der Waals surface area contributed by atoms with Gasteiger partial charge >= 0.3 is 5.97 Å². The zero-order valence-corrected chi connectivity index (χ0v) is 15.6. The molecule has 3 rings (SSSR count). The van der Waals surface area contributed by atoms with Crippen LogP contribution in [0.25, 0.3) is 0 Å². The van der Waals surface area contributed by atoms with Gasteiger partial charge in [0, 0.05) is 30.3 Å². The Morgan fingerprint density at radius 3 is 2.86 bits per heavy atom. The van der Waals surface area contributed by atoms with E-state index in [1.165, 1.54) is 29.4 Å². The van der Waals surface area contributed by atoms with Crippen LogP contribution in [0.4, 0.5) is 11.4 Å². The maximum Gasteiger partial charge on any atom is 0.311 e. The van der Waals surface area contributed by atoms with E-state index in [0.717, 1.165) is 0 Å². The highest BCUT2D eigenvalue weighted by atomic mass is 16.6. The third-order valence-corrected chi connectivity index (χ3v) is 4.51. The Bertz CT molecular complexity index is 939. The number of aryl methyl sites for hydroxylation is 1. The molecule has 0 bridgehead atoms. The molecule has 10 heteroatoms. The second kappa shape index (κ2) is 8.55. The van der Waals surface area contributed by atoms with Gasteiger partial charge in [-0.05, 0) is 25.1 Å². The Kier molecular flexibility index (Phi) is 5.91. The molecule has 1 atom stereocenters. The largest absolute Gasteiger partial charge is 0.467 e. The lowest BCUT2D eigenvalue weighted by Crippen LogP contribution is -2.28. The molecule has 1 aliphatic heterocycles. The van der Waals surface area contributed by atoms with E-state index >= 15 is 0 Å². The van der Waals surface area contributed by atoms with Crippen molar-refractivity contribution in [2.45, 2.75) is 19.9 Å². The van der Waals surface area contributed by atoms with E-state index in [1.54, 1.807) is 19.1 Å². The van der Waals surface area contributed by atoms with Crippen LogP contribution in [0.2, 0.25) is 0 Å². The van der Waals surface area contributed by atoms with Gasteiger partial charge in [-0.25, -0.2) is 0 Å². The lowest BCUT2D eigenvalue weighted by atomic mass is 10.1. The number of furan rings is 1. The van der Waals surface area contributed by atoms with Crippen molar-refractivity contribution in [3.05, 3.63) is 58.0 Å². The van der Waals surface area contributed by atoms with E-state index in [-0.39, 0.29) is 36.8 Å². The summed E-state index contributed by atoms with van der Waals surface area (Å²) >= 11 is 0. The van der Waals surface area contributed by atoms with Gasteiger partial charge in [-0.3, -0.25) is 24.5 Å². The SMILES string of the molecule is Cc1ccc(NC(=O)COC(=O)[C@H]2CC(=O)N(Cc3ccco3)C2)cc1[N+](=O)[O-]. The molecule has 2 heterocycles. The summed E-state index contributed by atoms with van der Waals surface area (Å²) in [6, 6.07) is 7.71. The average molecular weight is 401 g/mol. The summed E-state index contributed by atoms with van der Waals surface area (Å²) in [5, 5.41) is 13.4. The molecule has 10 nitrogen and oxygen atoms in total. The minimum absolute atomic E-state index is 0.00528. The number of nitrogens with one attached hydrogen (secondary N) is 1. The van der Waals surface area contributed by atoms with Crippen molar-refractivity contribution in [2.24, 2.45) is 5.92 Å². The van der Waals surface area contributed by atoms with Crippen molar-refractivity contribution in [1.29, 1.82) is 0 Å². The summed E-state index contributed by atoms with van der Waals surface area (Å²) in [5.41, 5.74) is 0.564. The number of rotatable bonds is 7. The third-order valence-electron chi connectivity index (χ3n) is 4.51. The molecule has 152 valence electrons. The Morgan fingerprint density at radius 1 is 1.38 bits per heavy atom. The Labute approximate surface area is 165 Å². The fraction of sp³-hybridized carbons (Fsp3) is 0.316. The van der Waals surface area contributed by atoms with Crippen molar-refractivity contribution >= 4 is 29.2 Å². The minimum atomic E-state index is -0.661. The normalized spacial score (nSPS) is 16.0. The number of hydrogen-bond donors (Lipinski definition) is 1. The van der Waals surface area contributed by atoms with Gasteiger partial charge in [0.05, 0.1) is 23.6 Å². The summed E-state index contributed by atoms with van der Waals surface area (Å²) in [6.45, 7) is 1.49. The molecule has 29 heavy (non-hydrogen) atoms. The first-order valence-corrected chi connectivity index (χ1v) is 8.85. The molecule has 0 saturated carbocycles. The number of nitro groups is 1. The minimum Gasteiger partial charge on any atom is -0.467 e. The van der Waals surface area contributed by atoms with Crippen LogP contribution in [0.15, 0.2) is 41.0 Å². The molecular weight excluding hydrogens is 382 g/mol. The fourth-order valence-corrected chi connectivity index (χ4v) is 3.01. The average Bonchev–Trinajstić information content (AvgIpc) is 3.31. The van der Waals surface area contributed by atoms with E-state index < -0.39 is 29.3 Å². The molecule has 1 aliphatic rings. The van der Waals surface area contributed by atoms with Crippen molar-refractivity contribution < 1.29 is 28.5 Å². The van der Waals surface area contributed by atoms with Crippen LogP contribution in [-0.2, 0) is 25.7 Å². The fourth-order valence-electron chi connectivity index (χ4n) is 3.01. The van der Waals surface area contributed by atoms with Crippen LogP contribution in [0.1, 0.15) is 17.7 Å². The van der Waals surface area contributed by atoms with Gasteiger partial charge in [0.25, 0.3) is 11.6 Å². The van der Waals surface area contributed by atoms with Gasteiger partial charge in [0.1, 0.15) is 5.76 Å². The van der Waals surface area contributed by atoms with Gasteiger partial charge in [0.2, 0.25) is 5.91 Å². The monoisotopic (exact) mass is 401 g/mol. The Morgan fingerprint density at radius 2 is 2.17 bits per heavy atom. The highest BCUT2D eigenvalue weighted by molar-refractivity contribution is 5.94. The maximum atomic E-state index is 12.2. The van der Waals surface area contributed by atoms with E-state index in [0.29, 0.717) is 11.3 Å². The number of ether oxygens (including phenoxy) is 1.